The van der Waals surface area contributed by atoms with Gasteiger partial charge < -0.3 is 15.0 Å². The molecule has 0 aliphatic carbocycles. The largest absolute Gasteiger partial charge is 0.484 e. The molecule has 0 spiro atoms. The Labute approximate surface area is 137 Å². The summed E-state index contributed by atoms with van der Waals surface area (Å²) in [5, 5.41) is 3.12. The molecule has 1 heterocycles. The van der Waals surface area contributed by atoms with Gasteiger partial charge in [0.15, 0.2) is 6.61 Å². The minimum absolute atomic E-state index is 0.0275. The maximum absolute atomic E-state index is 11.5. The zero-order valence-corrected chi connectivity index (χ0v) is 14.0. The monoisotopic (exact) mass is 364 g/mol. The second-order valence-electron chi connectivity index (χ2n) is 4.80. The van der Waals surface area contributed by atoms with Crippen LogP contribution in [0, 0.1) is 0 Å². The maximum atomic E-state index is 11.5. The molecule has 1 aromatic carbocycles. The van der Waals surface area contributed by atoms with Gasteiger partial charge in [0.2, 0.25) is 5.95 Å². The van der Waals surface area contributed by atoms with Crippen LogP contribution in [0.2, 0.25) is 0 Å². The molecule has 1 amide bonds. The van der Waals surface area contributed by atoms with Gasteiger partial charge in [0.25, 0.3) is 5.91 Å². The number of likely N-dealkylation sites (N-methyl/N-ethyl adjacent to an activating group) is 1. The smallest absolute Gasteiger partial charge is 0.259 e. The number of nitrogens with one attached hydrogen (secondary N) is 1. The number of nitrogens with zero attached hydrogens (tertiary/aromatic N) is 3. The van der Waals surface area contributed by atoms with Crippen LogP contribution in [0.15, 0.2) is 41.1 Å². The minimum atomic E-state index is -0.0770. The van der Waals surface area contributed by atoms with E-state index in [1.807, 2.05) is 24.3 Å². The Bertz CT molecular complexity index is 632. The summed E-state index contributed by atoms with van der Waals surface area (Å²) in [6.07, 6.45) is 3.36. The average Bonchev–Trinajstić information content (AvgIpc) is 2.52. The van der Waals surface area contributed by atoms with Crippen LogP contribution in [0.4, 0.5) is 5.95 Å². The first-order valence-electron chi connectivity index (χ1n) is 6.68. The molecule has 6 nitrogen and oxygen atoms in total. The number of rotatable bonds is 6. The average molecular weight is 365 g/mol. The van der Waals surface area contributed by atoms with Crippen molar-refractivity contribution in [3.05, 3.63) is 46.7 Å². The van der Waals surface area contributed by atoms with Gasteiger partial charge in [-0.05, 0) is 33.6 Å². The Morgan fingerprint density at radius 1 is 1.32 bits per heavy atom. The fraction of sp³-hybridized carbons (Fsp3) is 0.267. The van der Waals surface area contributed by atoms with Gasteiger partial charge in [-0.2, -0.15) is 0 Å². The molecule has 0 saturated carbocycles. The molecule has 2 rings (SSSR count). The van der Waals surface area contributed by atoms with Crippen molar-refractivity contribution in [1.82, 2.24) is 14.9 Å². The van der Waals surface area contributed by atoms with E-state index in [1.165, 1.54) is 4.90 Å². The number of anilines is 1. The van der Waals surface area contributed by atoms with E-state index in [-0.39, 0.29) is 12.5 Å². The van der Waals surface area contributed by atoms with Crippen LogP contribution < -0.4 is 10.1 Å². The lowest BCUT2D eigenvalue weighted by atomic mass is 10.2. The maximum Gasteiger partial charge on any atom is 0.259 e. The third-order valence-electron chi connectivity index (χ3n) is 2.83. The summed E-state index contributed by atoms with van der Waals surface area (Å²) in [5.74, 6) is 1.13. The van der Waals surface area contributed by atoms with Gasteiger partial charge in [-0.25, -0.2) is 9.97 Å². The van der Waals surface area contributed by atoms with Gasteiger partial charge in [0.05, 0.1) is 4.47 Å². The Kier molecular flexibility index (Phi) is 5.71. The lowest BCUT2D eigenvalue weighted by molar-refractivity contribution is -0.130. The molecule has 0 aliphatic heterocycles. The lowest BCUT2D eigenvalue weighted by Gasteiger charge is -2.12. The topological polar surface area (TPSA) is 67.3 Å². The van der Waals surface area contributed by atoms with Crippen LogP contribution in [-0.2, 0) is 11.3 Å². The number of benzene rings is 1. The van der Waals surface area contributed by atoms with Crippen LogP contribution in [-0.4, -0.2) is 41.5 Å². The van der Waals surface area contributed by atoms with E-state index in [9.17, 15) is 4.79 Å². The Hall–Kier alpha value is -2.15. The first kappa shape index (κ1) is 16.2. The van der Waals surface area contributed by atoms with Crippen molar-refractivity contribution in [2.24, 2.45) is 0 Å². The molecule has 2 aromatic rings. The summed E-state index contributed by atoms with van der Waals surface area (Å²) >= 11 is 3.29. The molecule has 1 aromatic heterocycles. The predicted molar refractivity (Wildman–Crippen MR) is 87.7 cm³/mol. The molecule has 0 saturated heterocycles. The molecule has 22 heavy (non-hydrogen) atoms. The summed E-state index contributed by atoms with van der Waals surface area (Å²) in [4.78, 5) is 21.3. The number of halogens is 1. The van der Waals surface area contributed by atoms with E-state index >= 15 is 0 Å². The predicted octanol–water partition coefficient (Wildman–Crippen LogP) is 2.32. The van der Waals surface area contributed by atoms with Crippen LogP contribution in [0.5, 0.6) is 5.75 Å². The summed E-state index contributed by atoms with van der Waals surface area (Å²) in [5.41, 5.74) is 1.02. The van der Waals surface area contributed by atoms with Crippen molar-refractivity contribution in [2.45, 2.75) is 6.54 Å². The van der Waals surface area contributed by atoms with Crippen molar-refractivity contribution in [3.63, 3.8) is 0 Å². The summed E-state index contributed by atoms with van der Waals surface area (Å²) < 4.78 is 6.31. The van der Waals surface area contributed by atoms with Crippen molar-refractivity contribution in [2.75, 3.05) is 26.0 Å². The van der Waals surface area contributed by atoms with Crippen LogP contribution >= 0.6 is 15.9 Å². The van der Waals surface area contributed by atoms with Crippen LogP contribution in [0.3, 0.4) is 0 Å². The summed E-state index contributed by atoms with van der Waals surface area (Å²) in [6, 6.07) is 7.55. The molecule has 0 aliphatic rings. The summed E-state index contributed by atoms with van der Waals surface area (Å²) in [6.45, 7) is 0.597. The van der Waals surface area contributed by atoms with E-state index in [0.29, 0.717) is 18.2 Å². The SMILES string of the molecule is CN(C)C(=O)COc1cccc(CNc2ncc(Br)cn2)c1. The van der Waals surface area contributed by atoms with E-state index in [2.05, 4.69) is 31.2 Å². The highest BCUT2D eigenvalue weighted by Gasteiger charge is 2.05. The fourth-order valence-corrected chi connectivity index (χ4v) is 1.81. The van der Waals surface area contributed by atoms with Crippen molar-refractivity contribution in [3.8, 4) is 5.75 Å². The summed E-state index contributed by atoms with van der Waals surface area (Å²) in [7, 11) is 3.40. The number of hydrogen-bond donors (Lipinski definition) is 1. The Morgan fingerprint density at radius 3 is 2.73 bits per heavy atom. The highest BCUT2D eigenvalue weighted by atomic mass is 79.9. The van der Waals surface area contributed by atoms with E-state index < -0.39 is 0 Å². The highest BCUT2D eigenvalue weighted by molar-refractivity contribution is 9.10. The molecule has 0 atom stereocenters. The lowest BCUT2D eigenvalue weighted by Crippen LogP contribution is -2.27. The molecule has 116 valence electrons. The van der Waals surface area contributed by atoms with E-state index in [1.54, 1.807) is 26.5 Å². The molecule has 7 heteroatoms. The number of carbonyl (C=O) groups excluding carboxylic acids is 1. The number of hydrogen-bond acceptors (Lipinski definition) is 5. The molecular weight excluding hydrogens is 348 g/mol. The third-order valence-corrected chi connectivity index (χ3v) is 3.24. The van der Waals surface area contributed by atoms with Gasteiger partial charge in [-0.1, -0.05) is 12.1 Å². The van der Waals surface area contributed by atoms with Gasteiger partial charge in [0.1, 0.15) is 5.75 Å². The quantitative estimate of drug-likeness (QED) is 0.851. The molecule has 0 unspecified atom stereocenters. The second-order valence-corrected chi connectivity index (χ2v) is 5.72. The third kappa shape index (κ3) is 5.00. The normalized spacial score (nSPS) is 10.1. The second kappa shape index (κ2) is 7.74. The number of aromatic nitrogens is 2. The highest BCUT2D eigenvalue weighted by Crippen LogP contribution is 2.14. The van der Waals surface area contributed by atoms with Gasteiger partial charge in [-0.3, -0.25) is 4.79 Å². The van der Waals surface area contributed by atoms with Crippen LogP contribution in [0.1, 0.15) is 5.56 Å². The van der Waals surface area contributed by atoms with Gasteiger partial charge in [-0.15, -0.1) is 0 Å². The van der Waals surface area contributed by atoms with Crippen molar-refractivity contribution < 1.29 is 9.53 Å². The van der Waals surface area contributed by atoms with Crippen LogP contribution in [0.25, 0.3) is 0 Å². The first-order chi connectivity index (χ1) is 10.5. The van der Waals surface area contributed by atoms with Gasteiger partial charge >= 0.3 is 0 Å². The Morgan fingerprint density at radius 2 is 2.05 bits per heavy atom. The zero-order valence-electron chi connectivity index (χ0n) is 12.4. The molecular formula is C15H17BrN4O2. The molecule has 1 N–H and O–H groups in total. The Balaban J connectivity index is 1.90. The van der Waals surface area contributed by atoms with Crippen molar-refractivity contribution >= 4 is 27.8 Å². The van der Waals surface area contributed by atoms with Crippen molar-refractivity contribution in [1.29, 1.82) is 0 Å². The van der Waals surface area contributed by atoms with Gasteiger partial charge in [0, 0.05) is 33.0 Å². The first-order valence-corrected chi connectivity index (χ1v) is 7.47. The molecule has 0 bridgehead atoms. The number of carbonyl (C=O) groups is 1. The number of amides is 1. The minimum Gasteiger partial charge on any atom is -0.484 e. The standard InChI is InChI=1S/C15H17BrN4O2/c1-20(2)14(21)10-22-13-5-3-4-11(6-13)7-17-15-18-8-12(16)9-19-15/h3-6,8-9H,7,10H2,1-2H3,(H,17,18,19). The molecule has 0 fully saturated rings. The van der Waals surface area contributed by atoms with E-state index in [4.69, 9.17) is 4.74 Å². The zero-order chi connectivity index (χ0) is 15.9. The molecule has 0 radical (unpaired) electrons. The number of ether oxygens (including phenoxy) is 1. The fourth-order valence-electron chi connectivity index (χ4n) is 1.60. The van der Waals surface area contributed by atoms with E-state index in [0.717, 1.165) is 10.0 Å².